The lowest BCUT2D eigenvalue weighted by Crippen LogP contribution is -2.25. The van der Waals surface area contributed by atoms with Crippen LogP contribution in [0.25, 0.3) is 0 Å². The van der Waals surface area contributed by atoms with Gasteiger partial charge in [0.25, 0.3) is 5.56 Å². The molecule has 0 bridgehead atoms. The number of nitrogens with two attached hydrogens (primary N) is 1. The second kappa shape index (κ2) is 6.85. The van der Waals surface area contributed by atoms with Gasteiger partial charge in [-0.2, -0.15) is 0 Å². The molecule has 1 aromatic heterocycles. The van der Waals surface area contributed by atoms with Gasteiger partial charge in [-0.05, 0) is 12.1 Å². The average Bonchev–Trinajstić information content (AvgIpc) is 2.49. The Labute approximate surface area is 127 Å². The van der Waals surface area contributed by atoms with Crippen molar-refractivity contribution in [3.63, 3.8) is 0 Å². The fraction of sp³-hybridized carbons (Fsp3) is 0.214. The summed E-state index contributed by atoms with van der Waals surface area (Å²) in [4.78, 5) is 11.9. The van der Waals surface area contributed by atoms with Gasteiger partial charge in [0, 0.05) is 17.7 Å². The summed E-state index contributed by atoms with van der Waals surface area (Å²) >= 11 is 4.91. The van der Waals surface area contributed by atoms with Crippen molar-refractivity contribution in [2.45, 2.75) is 6.54 Å². The molecule has 1 heterocycles. The Hall–Kier alpha value is -2.41. The highest BCUT2D eigenvalue weighted by Gasteiger charge is 2.02. The van der Waals surface area contributed by atoms with Crippen LogP contribution >= 0.6 is 12.2 Å². The standard InChI is InChI=1S/C14H15N3O3S/c1-19-12-5-6-13(18)17(16-12)7-8-20-11-4-2-3-10(9-11)14(15)21/h2-6,9H,7-8H2,1H3,(H2,15,21). The van der Waals surface area contributed by atoms with E-state index in [9.17, 15) is 4.79 Å². The highest BCUT2D eigenvalue weighted by molar-refractivity contribution is 7.80. The van der Waals surface area contributed by atoms with E-state index in [0.29, 0.717) is 29.8 Å². The van der Waals surface area contributed by atoms with Gasteiger partial charge >= 0.3 is 0 Å². The van der Waals surface area contributed by atoms with Crippen molar-refractivity contribution in [2.24, 2.45) is 5.73 Å². The monoisotopic (exact) mass is 305 g/mol. The van der Waals surface area contributed by atoms with Crippen LogP contribution in [0.3, 0.4) is 0 Å². The molecule has 0 spiro atoms. The van der Waals surface area contributed by atoms with Crippen LogP contribution < -0.4 is 20.8 Å². The Balaban J connectivity index is 2.00. The smallest absolute Gasteiger partial charge is 0.267 e. The van der Waals surface area contributed by atoms with Crippen LogP contribution in [0.15, 0.2) is 41.2 Å². The van der Waals surface area contributed by atoms with Crippen LogP contribution in [-0.2, 0) is 6.54 Å². The highest BCUT2D eigenvalue weighted by Crippen LogP contribution is 2.13. The third-order valence-corrected chi connectivity index (χ3v) is 2.98. The number of rotatable bonds is 6. The second-order valence-corrected chi connectivity index (χ2v) is 4.62. The lowest BCUT2D eigenvalue weighted by atomic mass is 10.2. The summed E-state index contributed by atoms with van der Waals surface area (Å²) in [6, 6.07) is 10.1. The Morgan fingerprint density at radius 1 is 1.38 bits per heavy atom. The summed E-state index contributed by atoms with van der Waals surface area (Å²) in [6.45, 7) is 0.605. The highest BCUT2D eigenvalue weighted by atomic mass is 32.1. The van der Waals surface area contributed by atoms with E-state index in [4.69, 9.17) is 27.4 Å². The molecule has 0 amide bonds. The van der Waals surface area contributed by atoms with Gasteiger partial charge in [0.2, 0.25) is 5.88 Å². The predicted molar refractivity (Wildman–Crippen MR) is 82.9 cm³/mol. The van der Waals surface area contributed by atoms with Crippen molar-refractivity contribution in [1.82, 2.24) is 9.78 Å². The molecule has 0 aliphatic heterocycles. The van der Waals surface area contributed by atoms with E-state index in [-0.39, 0.29) is 5.56 Å². The van der Waals surface area contributed by atoms with Crippen molar-refractivity contribution in [2.75, 3.05) is 13.7 Å². The van der Waals surface area contributed by atoms with Crippen LogP contribution in [0.1, 0.15) is 5.56 Å². The largest absolute Gasteiger partial charge is 0.492 e. The number of aromatic nitrogens is 2. The van der Waals surface area contributed by atoms with E-state index in [1.807, 2.05) is 6.07 Å². The van der Waals surface area contributed by atoms with E-state index in [1.165, 1.54) is 23.9 Å². The molecule has 0 saturated carbocycles. The van der Waals surface area contributed by atoms with Crippen molar-refractivity contribution in [3.05, 3.63) is 52.3 Å². The molecular formula is C14H15N3O3S. The molecule has 7 heteroatoms. The summed E-state index contributed by atoms with van der Waals surface area (Å²) in [7, 11) is 1.49. The Morgan fingerprint density at radius 3 is 2.90 bits per heavy atom. The van der Waals surface area contributed by atoms with Gasteiger partial charge < -0.3 is 15.2 Å². The molecule has 110 valence electrons. The molecule has 2 aromatic rings. The number of hydrogen-bond donors (Lipinski definition) is 1. The van der Waals surface area contributed by atoms with Gasteiger partial charge in [-0.25, -0.2) is 4.68 Å². The SMILES string of the molecule is COc1ccc(=O)n(CCOc2cccc(C(N)=S)c2)n1. The second-order valence-electron chi connectivity index (χ2n) is 4.18. The maximum atomic E-state index is 11.6. The zero-order valence-electron chi connectivity index (χ0n) is 11.5. The number of ether oxygens (including phenoxy) is 2. The average molecular weight is 305 g/mol. The Kier molecular flexibility index (Phi) is 4.89. The number of hydrogen-bond acceptors (Lipinski definition) is 5. The number of thiocarbonyl (C=S) groups is 1. The first-order chi connectivity index (χ1) is 10.1. The third-order valence-electron chi connectivity index (χ3n) is 2.74. The molecule has 2 rings (SSSR count). The van der Waals surface area contributed by atoms with E-state index in [2.05, 4.69) is 5.10 Å². The van der Waals surface area contributed by atoms with Gasteiger partial charge in [0.1, 0.15) is 17.3 Å². The molecule has 21 heavy (non-hydrogen) atoms. The number of nitrogens with zero attached hydrogens (tertiary/aromatic N) is 2. The normalized spacial score (nSPS) is 10.1. The van der Waals surface area contributed by atoms with Crippen LogP contribution in [0.5, 0.6) is 11.6 Å². The minimum absolute atomic E-state index is 0.212. The first-order valence-corrected chi connectivity index (χ1v) is 6.66. The summed E-state index contributed by atoms with van der Waals surface area (Å²) < 4.78 is 11.8. The van der Waals surface area contributed by atoms with E-state index in [0.717, 1.165) is 5.56 Å². The Morgan fingerprint density at radius 2 is 2.19 bits per heavy atom. The molecule has 0 saturated heterocycles. The minimum Gasteiger partial charge on any atom is -0.492 e. The lowest BCUT2D eigenvalue weighted by molar-refractivity contribution is 0.282. The summed E-state index contributed by atoms with van der Waals surface area (Å²) in [5.74, 6) is 1.02. The van der Waals surface area contributed by atoms with Gasteiger partial charge in [-0.15, -0.1) is 5.10 Å². The minimum atomic E-state index is -0.212. The maximum Gasteiger partial charge on any atom is 0.267 e. The molecule has 0 atom stereocenters. The van der Waals surface area contributed by atoms with E-state index in [1.54, 1.807) is 18.2 Å². The zero-order chi connectivity index (χ0) is 15.2. The third kappa shape index (κ3) is 4.03. The molecule has 0 fully saturated rings. The molecule has 0 aliphatic rings. The molecular weight excluding hydrogens is 290 g/mol. The zero-order valence-corrected chi connectivity index (χ0v) is 12.3. The van der Waals surface area contributed by atoms with Crippen LogP contribution in [-0.4, -0.2) is 28.5 Å². The van der Waals surface area contributed by atoms with Crippen molar-refractivity contribution < 1.29 is 9.47 Å². The first kappa shape index (κ1) is 15.0. The van der Waals surface area contributed by atoms with Crippen LogP contribution in [0.2, 0.25) is 0 Å². The molecule has 0 radical (unpaired) electrons. The van der Waals surface area contributed by atoms with Gasteiger partial charge in [-0.3, -0.25) is 4.79 Å². The summed E-state index contributed by atoms with van der Waals surface area (Å²) in [6.07, 6.45) is 0. The summed E-state index contributed by atoms with van der Waals surface area (Å²) in [5.41, 5.74) is 6.08. The Bertz CT molecular complexity index is 700. The number of benzene rings is 1. The fourth-order valence-corrected chi connectivity index (χ4v) is 1.82. The van der Waals surface area contributed by atoms with Gasteiger partial charge in [-0.1, -0.05) is 24.4 Å². The first-order valence-electron chi connectivity index (χ1n) is 6.25. The van der Waals surface area contributed by atoms with E-state index < -0.39 is 0 Å². The maximum absolute atomic E-state index is 11.6. The van der Waals surface area contributed by atoms with Crippen LogP contribution in [0.4, 0.5) is 0 Å². The van der Waals surface area contributed by atoms with Crippen molar-refractivity contribution in [3.8, 4) is 11.6 Å². The van der Waals surface area contributed by atoms with Gasteiger partial charge in [0.05, 0.1) is 13.7 Å². The quantitative estimate of drug-likeness (QED) is 0.801. The van der Waals surface area contributed by atoms with Crippen molar-refractivity contribution >= 4 is 17.2 Å². The topological polar surface area (TPSA) is 79.4 Å². The lowest BCUT2D eigenvalue weighted by Gasteiger charge is -2.09. The molecule has 2 N–H and O–H groups in total. The predicted octanol–water partition coefficient (Wildman–Crippen LogP) is 0.965. The number of methoxy groups -OCH3 is 1. The molecule has 6 nitrogen and oxygen atoms in total. The van der Waals surface area contributed by atoms with E-state index >= 15 is 0 Å². The molecule has 0 unspecified atom stereocenters. The van der Waals surface area contributed by atoms with Crippen molar-refractivity contribution in [1.29, 1.82) is 0 Å². The molecule has 0 aliphatic carbocycles. The van der Waals surface area contributed by atoms with Gasteiger partial charge in [0.15, 0.2) is 0 Å². The summed E-state index contributed by atoms with van der Waals surface area (Å²) in [5, 5.41) is 4.03. The fourth-order valence-electron chi connectivity index (χ4n) is 1.69. The molecule has 1 aromatic carbocycles. The van der Waals surface area contributed by atoms with Crippen LogP contribution in [0, 0.1) is 0 Å².